The van der Waals surface area contributed by atoms with Gasteiger partial charge in [0.2, 0.25) is 5.91 Å². The van der Waals surface area contributed by atoms with Crippen LogP contribution in [0.4, 0.5) is 5.69 Å². The molecule has 1 aromatic carbocycles. The highest BCUT2D eigenvalue weighted by atomic mass is 16.1. The van der Waals surface area contributed by atoms with Crippen molar-refractivity contribution in [2.45, 2.75) is 39.0 Å². The Kier molecular flexibility index (Phi) is 3.05. The lowest BCUT2D eigenvalue weighted by Gasteiger charge is -2.19. The molecule has 0 heterocycles. The Morgan fingerprint density at radius 1 is 1.33 bits per heavy atom. The fourth-order valence-electron chi connectivity index (χ4n) is 2.14. The minimum Gasteiger partial charge on any atom is -0.326 e. The Morgan fingerprint density at radius 3 is 2.93 bits per heavy atom. The number of carbonyl (C=O) groups excluding carboxylic acids is 1. The van der Waals surface area contributed by atoms with Crippen molar-refractivity contribution >= 4 is 11.6 Å². The van der Waals surface area contributed by atoms with Gasteiger partial charge in [0.1, 0.15) is 0 Å². The number of nitrogens with one attached hydrogen (secondary N) is 1. The lowest BCUT2D eigenvalue weighted by molar-refractivity contribution is -0.115. The van der Waals surface area contributed by atoms with Gasteiger partial charge < -0.3 is 5.32 Å². The first-order valence-electron chi connectivity index (χ1n) is 5.72. The number of hydrogen-bond donors (Lipinski definition) is 1. The Morgan fingerprint density at radius 2 is 2.13 bits per heavy atom. The summed E-state index contributed by atoms with van der Waals surface area (Å²) in [6.07, 6.45) is 5.33. The average molecular weight is 203 g/mol. The monoisotopic (exact) mass is 203 g/mol. The van der Waals surface area contributed by atoms with E-state index < -0.39 is 0 Å². The van der Waals surface area contributed by atoms with Gasteiger partial charge in [-0.25, -0.2) is 0 Å². The maximum Gasteiger partial charge on any atom is 0.224 e. The topological polar surface area (TPSA) is 29.1 Å². The summed E-state index contributed by atoms with van der Waals surface area (Å²) in [6, 6.07) is 6.23. The maximum absolute atomic E-state index is 11.4. The van der Waals surface area contributed by atoms with Gasteiger partial charge in [0.05, 0.1) is 0 Å². The number of rotatable bonds is 2. The Hall–Kier alpha value is -1.31. The Labute approximate surface area is 90.7 Å². The van der Waals surface area contributed by atoms with E-state index in [-0.39, 0.29) is 5.91 Å². The number of benzene rings is 1. The fourth-order valence-corrected chi connectivity index (χ4v) is 2.14. The van der Waals surface area contributed by atoms with Gasteiger partial charge in [-0.1, -0.05) is 19.1 Å². The van der Waals surface area contributed by atoms with Crippen LogP contribution in [-0.2, 0) is 17.6 Å². The van der Waals surface area contributed by atoms with Crippen LogP contribution < -0.4 is 5.32 Å². The molecule has 80 valence electrons. The van der Waals surface area contributed by atoms with Gasteiger partial charge in [-0.2, -0.15) is 0 Å². The van der Waals surface area contributed by atoms with Gasteiger partial charge in [-0.3, -0.25) is 4.79 Å². The molecule has 0 spiro atoms. The summed E-state index contributed by atoms with van der Waals surface area (Å²) in [4.78, 5) is 11.4. The summed E-state index contributed by atoms with van der Waals surface area (Å²) in [5, 5.41) is 2.98. The predicted octanol–water partition coefficient (Wildman–Crippen LogP) is 2.91. The Bertz CT molecular complexity index is 371. The summed E-state index contributed by atoms with van der Waals surface area (Å²) in [5.41, 5.74) is 3.79. The molecule has 0 bridgehead atoms. The normalized spacial score (nSPS) is 14.5. The van der Waals surface area contributed by atoms with Crippen molar-refractivity contribution in [3.8, 4) is 0 Å². The molecule has 2 nitrogen and oxygen atoms in total. The summed E-state index contributed by atoms with van der Waals surface area (Å²) >= 11 is 0. The lowest BCUT2D eigenvalue weighted by atomic mass is 9.90. The van der Waals surface area contributed by atoms with Gasteiger partial charge in [0.25, 0.3) is 0 Å². The van der Waals surface area contributed by atoms with Crippen molar-refractivity contribution in [3.05, 3.63) is 29.3 Å². The summed E-state index contributed by atoms with van der Waals surface area (Å²) in [7, 11) is 0. The smallest absolute Gasteiger partial charge is 0.224 e. The molecule has 1 amide bonds. The van der Waals surface area contributed by atoms with E-state index in [2.05, 4.69) is 11.4 Å². The van der Waals surface area contributed by atoms with E-state index in [1.54, 1.807) is 0 Å². The molecule has 0 fully saturated rings. The Balaban J connectivity index is 2.27. The SMILES string of the molecule is CCC(=O)Nc1cccc2c1CCCC2. The molecule has 0 aromatic heterocycles. The standard InChI is InChI=1S/C13H17NO/c1-2-13(15)14-12-9-5-7-10-6-3-4-8-11(10)12/h5,7,9H,2-4,6,8H2,1H3,(H,14,15). The highest BCUT2D eigenvalue weighted by molar-refractivity contribution is 5.91. The van der Waals surface area contributed by atoms with Crippen molar-refractivity contribution in [3.63, 3.8) is 0 Å². The predicted molar refractivity (Wildman–Crippen MR) is 62.0 cm³/mol. The molecule has 0 radical (unpaired) electrons. The van der Waals surface area contributed by atoms with Gasteiger partial charge in [-0.15, -0.1) is 0 Å². The number of anilines is 1. The van der Waals surface area contributed by atoms with E-state index >= 15 is 0 Å². The van der Waals surface area contributed by atoms with Gasteiger partial charge >= 0.3 is 0 Å². The first kappa shape index (κ1) is 10.2. The zero-order valence-corrected chi connectivity index (χ0v) is 9.18. The van der Waals surface area contributed by atoms with E-state index in [0.29, 0.717) is 6.42 Å². The highest BCUT2D eigenvalue weighted by Crippen LogP contribution is 2.27. The molecule has 0 saturated heterocycles. The lowest BCUT2D eigenvalue weighted by Crippen LogP contribution is -2.13. The maximum atomic E-state index is 11.4. The van der Waals surface area contributed by atoms with Crippen molar-refractivity contribution in [1.29, 1.82) is 0 Å². The largest absolute Gasteiger partial charge is 0.326 e. The second kappa shape index (κ2) is 4.47. The molecule has 0 unspecified atom stereocenters. The molecular formula is C13H17NO. The first-order valence-corrected chi connectivity index (χ1v) is 5.72. The summed E-state index contributed by atoms with van der Waals surface area (Å²) < 4.78 is 0. The molecule has 2 heteroatoms. The number of aryl methyl sites for hydroxylation is 1. The van der Waals surface area contributed by atoms with Crippen LogP contribution in [0.25, 0.3) is 0 Å². The van der Waals surface area contributed by atoms with E-state index in [1.807, 2.05) is 19.1 Å². The van der Waals surface area contributed by atoms with Crippen LogP contribution in [0, 0.1) is 0 Å². The molecule has 1 aliphatic carbocycles. The molecule has 1 N–H and O–H groups in total. The fraction of sp³-hybridized carbons (Fsp3) is 0.462. The number of hydrogen-bond acceptors (Lipinski definition) is 1. The summed E-state index contributed by atoms with van der Waals surface area (Å²) in [6.45, 7) is 1.88. The summed E-state index contributed by atoms with van der Waals surface area (Å²) in [5.74, 6) is 0.106. The van der Waals surface area contributed by atoms with Crippen LogP contribution >= 0.6 is 0 Å². The molecule has 1 aromatic rings. The van der Waals surface area contributed by atoms with Crippen molar-refractivity contribution in [1.82, 2.24) is 0 Å². The van der Waals surface area contributed by atoms with Crippen molar-refractivity contribution < 1.29 is 4.79 Å². The van der Waals surface area contributed by atoms with Gasteiger partial charge in [-0.05, 0) is 42.9 Å². The van der Waals surface area contributed by atoms with E-state index in [1.165, 1.54) is 24.0 Å². The third kappa shape index (κ3) is 2.20. The quantitative estimate of drug-likeness (QED) is 0.786. The molecule has 0 atom stereocenters. The van der Waals surface area contributed by atoms with Crippen LogP contribution in [0.3, 0.4) is 0 Å². The molecule has 15 heavy (non-hydrogen) atoms. The molecule has 0 aliphatic heterocycles. The van der Waals surface area contributed by atoms with Crippen LogP contribution in [0.1, 0.15) is 37.3 Å². The third-order valence-electron chi connectivity index (χ3n) is 2.99. The third-order valence-corrected chi connectivity index (χ3v) is 2.99. The van der Waals surface area contributed by atoms with E-state index in [0.717, 1.165) is 18.5 Å². The van der Waals surface area contributed by atoms with Crippen molar-refractivity contribution in [2.24, 2.45) is 0 Å². The average Bonchev–Trinajstić information content (AvgIpc) is 2.29. The number of carbonyl (C=O) groups is 1. The van der Waals surface area contributed by atoms with Crippen LogP contribution in [0.15, 0.2) is 18.2 Å². The number of amides is 1. The molecule has 1 aliphatic rings. The molecule has 0 saturated carbocycles. The molecule has 2 rings (SSSR count). The van der Waals surface area contributed by atoms with E-state index in [4.69, 9.17) is 0 Å². The second-order valence-corrected chi connectivity index (χ2v) is 4.05. The highest BCUT2D eigenvalue weighted by Gasteiger charge is 2.13. The second-order valence-electron chi connectivity index (χ2n) is 4.05. The van der Waals surface area contributed by atoms with E-state index in [9.17, 15) is 4.79 Å². The van der Waals surface area contributed by atoms with Crippen LogP contribution in [0.2, 0.25) is 0 Å². The van der Waals surface area contributed by atoms with Gasteiger partial charge in [0, 0.05) is 12.1 Å². The molecular weight excluding hydrogens is 186 g/mol. The van der Waals surface area contributed by atoms with Gasteiger partial charge in [0.15, 0.2) is 0 Å². The van der Waals surface area contributed by atoms with Crippen molar-refractivity contribution in [2.75, 3.05) is 5.32 Å². The van der Waals surface area contributed by atoms with Crippen LogP contribution in [0.5, 0.6) is 0 Å². The van der Waals surface area contributed by atoms with Crippen LogP contribution in [-0.4, -0.2) is 5.91 Å². The number of fused-ring (bicyclic) bond motifs is 1. The first-order chi connectivity index (χ1) is 7.31. The zero-order chi connectivity index (χ0) is 10.7. The minimum absolute atomic E-state index is 0.106. The minimum atomic E-state index is 0.106. The zero-order valence-electron chi connectivity index (χ0n) is 9.18.